The zero-order chi connectivity index (χ0) is 15.1. The van der Waals surface area contributed by atoms with E-state index >= 15 is 0 Å². The van der Waals surface area contributed by atoms with Gasteiger partial charge in [0.1, 0.15) is 11.3 Å². The SMILES string of the molecule is CCN1CCCC1c1nc2cccnc2n1C1CCCN1C. The molecule has 0 amide bonds. The molecule has 2 fully saturated rings. The highest BCUT2D eigenvalue weighted by Gasteiger charge is 2.34. The van der Waals surface area contributed by atoms with Crippen molar-refractivity contribution in [3.63, 3.8) is 0 Å². The Morgan fingerprint density at radius 1 is 1.23 bits per heavy atom. The predicted octanol–water partition coefficient (Wildman–Crippen LogP) is 2.81. The molecule has 4 rings (SSSR count). The van der Waals surface area contributed by atoms with E-state index in [2.05, 4.69) is 39.4 Å². The van der Waals surface area contributed by atoms with E-state index in [0.29, 0.717) is 12.2 Å². The topological polar surface area (TPSA) is 37.2 Å². The second-order valence-corrected chi connectivity index (χ2v) is 6.58. The summed E-state index contributed by atoms with van der Waals surface area (Å²) in [6.45, 7) is 5.71. The molecule has 5 heteroatoms. The summed E-state index contributed by atoms with van der Waals surface area (Å²) in [5, 5.41) is 0. The number of pyridine rings is 1. The lowest BCUT2D eigenvalue weighted by Crippen LogP contribution is -2.29. The molecule has 118 valence electrons. The molecule has 22 heavy (non-hydrogen) atoms. The summed E-state index contributed by atoms with van der Waals surface area (Å²) >= 11 is 0. The minimum absolute atomic E-state index is 0.411. The van der Waals surface area contributed by atoms with Crippen LogP contribution in [0.15, 0.2) is 18.3 Å². The van der Waals surface area contributed by atoms with Crippen molar-refractivity contribution < 1.29 is 0 Å². The van der Waals surface area contributed by atoms with Gasteiger partial charge in [0.05, 0.1) is 12.2 Å². The number of hydrogen-bond donors (Lipinski definition) is 0. The lowest BCUT2D eigenvalue weighted by molar-refractivity contribution is 0.209. The van der Waals surface area contributed by atoms with Gasteiger partial charge in [0.15, 0.2) is 5.65 Å². The summed E-state index contributed by atoms with van der Waals surface area (Å²) < 4.78 is 2.43. The number of fused-ring (bicyclic) bond motifs is 1. The first-order valence-corrected chi connectivity index (χ1v) is 8.56. The average Bonchev–Trinajstić information content (AvgIpc) is 3.23. The summed E-state index contributed by atoms with van der Waals surface area (Å²) in [5.74, 6) is 1.23. The van der Waals surface area contributed by atoms with Gasteiger partial charge in [-0.05, 0) is 64.5 Å². The highest BCUT2D eigenvalue weighted by molar-refractivity contribution is 5.71. The van der Waals surface area contributed by atoms with Crippen molar-refractivity contribution in [3.8, 4) is 0 Å². The van der Waals surface area contributed by atoms with E-state index in [1.165, 1.54) is 44.6 Å². The average molecular weight is 299 g/mol. The van der Waals surface area contributed by atoms with E-state index in [4.69, 9.17) is 4.98 Å². The molecule has 2 aromatic rings. The molecule has 2 aliphatic rings. The maximum Gasteiger partial charge on any atom is 0.161 e. The molecule has 2 saturated heterocycles. The molecule has 0 spiro atoms. The largest absolute Gasteiger partial charge is 0.295 e. The van der Waals surface area contributed by atoms with Crippen LogP contribution in [0, 0.1) is 0 Å². The Labute approximate surface area is 131 Å². The van der Waals surface area contributed by atoms with Crippen LogP contribution in [0.2, 0.25) is 0 Å². The third-order valence-corrected chi connectivity index (χ3v) is 5.32. The first-order chi connectivity index (χ1) is 10.8. The van der Waals surface area contributed by atoms with E-state index in [0.717, 1.165) is 17.7 Å². The fourth-order valence-corrected chi connectivity index (χ4v) is 4.19. The molecule has 0 radical (unpaired) electrons. The lowest BCUT2D eigenvalue weighted by Gasteiger charge is -2.28. The van der Waals surface area contributed by atoms with Gasteiger partial charge in [-0.15, -0.1) is 0 Å². The molecule has 2 atom stereocenters. The van der Waals surface area contributed by atoms with Crippen molar-refractivity contribution in [2.75, 3.05) is 26.7 Å². The fraction of sp³-hybridized carbons (Fsp3) is 0.647. The Kier molecular flexibility index (Phi) is 3.62. The zero-order valence-electron chi connectivity index (χ0n) is 13.6. The highest BCUT2D eigenvalue weighted by Crippen LogP contribution is 2.37. The molecular weight excluding hydrogens is 274 g/mol. The number of imidazole rings is 1. The third-order valence-electron chi connectivity index (χ3n) is 5.32. The Morgan fingerprint density at radius 2 is 2.09 bits per heavy atom. The van der Waals surface area contributed by atoms with Crippen LogP contribution in [0.1, 0.15) is 50.6 Å². The number of nitrogens with zero attached hydrogens (tertiary/aromatic N) is 5. The predicted molar refractivity (Wildman–Crippen MR) is 87.7 cm³/mol. The number of hydrogen-bond acceptors (Lipinski definition) is 4. The van der Waals surface area contributed by atoms with E-state index in [9.17, 15) is 0 Å². The summed E-state index contributed by atoms with van der Waals surface area (Å²) in [4.78, 5) is 14.7. The molecular formula is C17H25N5. The quantitative estimate of drug-likeness (QED) is 0.873. The Hall–Kier alpha value is -1.46. The van der Waals surface area contributed by atoms with E-state index in [-0.39, 0.29) is 0 Å². The van der Waals surface area contributed by atoms with Crippen molar-refractivity contribution in [2.24, 2.45) is 0 Å². The zero-order valence-corrected chi connectivity index (χ0v) is 13.6. The molecule has 0 N–H and O–H groups in total. The summed E-state index contributed by atoms with van der Waals surface area (Å²) in [5.41, 5.74) is 2.10. The van der Waals surface area contributed by atoms with Crippen LogP contribution in [0.25, 0.3) is 11.2 Å². The van der Waals surface area contributed by atoms with Gasteiger partial charge in [-0.25, -0.2) is 9.97 Å². The molecule has 5 nitrogen and oxygen atoms in total. The van der Waals surface area contributed by atoms with Gasteiger partial charge in [-0.3, -0.25) is 14.4 Å². The summed E-state index contributed by atoms with van der Waals surface area (Å²) in [6.07, 6.45) is 7.25. The van der Waals surface area contributed by atoms with Crippen LogP contribution >= 0.6 is 0 Å². The molecule has 2 aromatic heterocycles. The van der Waals surface area contributed by atoms with Crippen molar-refractivity contribution >= 4 is 11.2 Å². The standard InChI is InChI=1S/C17H25N5/c1-3-21-12-5-8-14(21)17-19-13-7-4-10-18-16(13)22(17)15-9-6-11-20(15)2/h4,7,10,14-15H,3,5-6,8-9,11-12H2,1-2H3. The smallest absolute Gasteiger partial charge is 0.161 e. The van der Waals surface area contributed by atoms with Crippen molar-refractivity contribution in [3.05, 3.63) is 24.2 Å². The third kappa shape index (κ3) is 2.15. The molecule has 0 bridgehead atoms. The molecule has 0 saturated carbocycles. The Balaban J connectivity index is 1.86. The van der Waals surface area contributed by atoms with Gasteiger partial charge in [-0.1, -0.05) is 6.92 Å². The van der Waals surface area contributed by atoms with Crippen molar-refractivity contribution in [1.82, 2.24) is 24.3 Å². The second-order valence-electron chi connectivity index (χ2n) is 6.58. The molecule has 0 aromatic carbocycles. The normalized spacial score (nSPS) is 27.2. The van der Waals surface area contributed by atoms with Crippen LogP contribution in [-0.4, -0.2) is 51.0 Å². The lowest BCUT2D eigenvalue weighted by atomic mass is 10.2. The summed E-state index contributed by atoms with van der Waals surface area (Å²) in [7, 11) is 2.22. The van der Waals surface area contributed by atoms with Crippen LogP contribution in [0.3, 0.4) is 0 Å². The molecule has 2 unspecified atom stereocenters. The van der Waals surface area contributed by atoms with Crippen LogP contribution in [0.5, 0.6) is 0 Å². The van der Waals surface area contributed by atoms with Gasteiger partial charge in [0, 0.05) is 6.20 Å². The van der Waals surface area contributed by atoms with E-state index in [1.807, 2.05) is 12.3 Å². The Morgan fingerprint density at radius 3 is 2.86 bits per heavy atom. The van der Waals surface area contributed by atoms with Gasteiger partial charge in [0.2, 0.25) is 0 Å². The van der Waals surface area contributed by atoms with E-state index in [1.54, 1.807) is 0 Å². The second kappa shape index (κ2) is 5.63. The molecule has 4 heterocycles. The number of rotatable bonds is 3. The summed E-state index contributed by atoms with van der Waals surface area (Å²) in [6, 6.07) is 4.55. The first kappa shape index (κ1) is 14.2. The minimum atomic E-state index is 0.411. The van der Waals surface area contributed by atoms with E-state index < -0.39 is 0 Å². The van der Waals surface area contributed by atoms with Gasteiger partial charge in [0.25, 0.3) is 0 Å². The van der Waals surface area contributed by atoms with Gasteiger partial charge in [-0.2, -0.15) is 0 Å². The molecule has 2 aliphatic heterocycles. The van der Waals surface area contributed by atoms with Crippen molar-refractivity contribution in [2.45, 2.75) is 44.8 Å². The van der Waals surface area contributed by atoms with Gasteiger partial charge >= 0.3 is 0 Å². The maximum absolute atomic E-state index is 5.00. The van der Waals surface area contributed by atoms with Gasteiger partial charge < -0.3 is 0 Å². The number of aromatic nitrogens is 3. The molecule has 0 aliphatic carbocycles. The van der Waals surface area contributed by atoms with Crippen LogP contribution in [0.4, 0.5) is 0 Å². The van der Waals surface area contributed by atoms with Crippen molar-refractivity contribution in [1.29, 1.82) is 0 Å². The first-order valence-electron chi connectivity index (χ1n) is 8.56. The minimum Gasteiger partial charge on any atom is -0.295 e. The highest BCUT2D eigenvalue weighted by atomic mass is 15.3. The fourth-order valence-electron chi connectivity index (χ4n) is 4.19. The number of likely N-dealkylation sites (tertiary alicyclic amines) is 2. The van der Waals surface area contributed by atoms with Crippen LogP contribution in [-0.2, 0) is 0 Å². The maximum atomic E-state index is 5.00. The Bertz CT molecular complexity index is 664. The van der Waals surface area contributed by atoms with Crippen LogP contribution < -0.4 is 0 Å². The monoisotopic (exact) mass is 299 g/mol.